The van der Waals surface area contributed by atoms with Crippen molar-refractivity contribution in [3.8, 4) is 0 Å². The van der Waals surface area contributed by atoms with E-state index < -0.39 is 0 Å². The summed E-state index contributed by atoms with van der Waals surface area (Å²) in [6.07, 6.45) is 2.54. The van der Waals surface area contributed by atoms with Crippen LogP contribution in [0.2, 0.25) is 0 Å². The van der Waals surface area contributed by atoms with Gasteiger partial charge in [-0.05, 0) is 42.7 Å². The lowest BCUT2D eigenvalue weighted by Crippen LogP contribution is -1.89. The number of aromatic nitrogens is 1. The van der Waals surface area contributed by atoms with Gasteiger partial charge in [0, 0.05) is 11.6 Å². The molecule has 1 nitrogen and oxygen atoms in total. The van der Waals surface area contributed by atoms with Crippen LogP contribution in [0, 0.1) is 12.7 Å². The molecule has 2 rings (SSSR count). The fraction of sp³-hybridized carbons (Fsp3) is 0.250. The Balaban J connectivity index is 2.77. The van der Waals surface area contributed by atoms with Gasteiger partial charge in [0.1, 0.15) is 11.3 Å². The van der Waals surface area contributed by atoms with Gasteiger partial charge in [0.05, 0.1) is 0 Å². The molecule has 0 radical (unpaired) electrons. The molecule has 0 aliphatic rings. The number of fused-ring (bicyclic) bond motifs is 1. The molecular weight excluding hydrogens is 177 g/mol. The van der Waals surface area contributed by atoms with E-state index >= 15 is 0 Å². The minimum Gasteiger partial charge on any atom is -0.253 e. The molecule has 0 saturated carbocycles. The van der Waals surface area contributed by atoms with Crippen molar-refractivity contribution in [2.45, 2.75) is 20.3 Å². The largest absolute Gasteiger partial charge is 0.253 e. The number of aryl methyl sites for hydroxylation is 2. The predicted octanol–water partition coefficient (Wildman–Crippen LogP) is 3.24. The van der Waals surface area contributed by atoms with Gasteiger partial charge < -0.3 is 0 Å². The van der Waals surface area contributed by atoms with Gasteiger partial charge in [-0.15, -0.1) is 0 Å². The van der Waals surface area contributed by atoms with Crippen LogP contribution in [0.25, 0.3) is 10.9 Å². The molecule has 0 aliphatic carbocycles. The lowest BCUT2D eigenvalue weighted by atomic mass is 10.1. The van der Waals surface area contributed by atoms with Gasteiger partial charge in [0.15, 0.2) is 0 Å². The first-order chi connectivity index (χ1) is 6.70. The summed E-state index contributed by atoms with van der Waals surface area (Å²) in [4.78, 5) is 4.08. The van der Waals surface area contributed by atoms with E-state index in [1.807, 2.05) is 26.0 Å². The fourth-order valence-corrected chi connectivity index (χ4v) is 1.58. The molecule has 1 aromatic heterocycles. The zero-order chi connectivity index (χ0) is 10.1. The van der Waals surface area contributed by atoms with Gasteiger partial charge in [0.25, 0.3) is 0 Å². The van der Waals surface area contributed by atoms with Crippen LogP contribution in [-0.2, 0) is 6.42 Å². The third-order valence-corrected chi connectivity index (χ3v) is 2.34. The normalized spacial score (nSPS) is 10.8. The molecule has 14 heavy (non-hydrogen) atoms. The predicted molar refractivity (Wildman–Crippen MR) is 55.8 cm³/mol. The monoisotopic (exact) mass is 189 g/mol. The lowest BCUT2D eigenvalue weighted by Gasteiger charge is -2.03. The van der Waals surface area contributed by atoms with Crippen LogP contribution in [0.4, 0.5) is 4.39 Å². The molecular formula is C12H12FN. The topological polar surface area (TPSA) is 12.9 Å². The molecule has 0 fully saturated rings. The summed E-state index contributed by atoms with van der Waals surface area (Å²) in [5.74, 6) is -0.223. The highest BCUT2D eigenvalue weighted by Gasteiger charge is 2.03. The van der Waals surface area contributed by atoms with Crippen LogP contribution >= 0.6 is 0 Å². The van der Waals surface area contributed by atoms with E-state index in [1.54, 1.807) is 12.3 Å². The third-order valence-electron chi connectivity index (χ3n) is 2.34. The summed E-state index contributed by atoms with van der Waals surface area (Å²) < 4.78 is 13.5. The van der Waals surface area contributed by atoms with Crippen LogP contribution in [0.1, 0.15) is 18.1 Å². The number of nitrogens with zero attached hydrogens (tertiary/aromatic N) is 1. The zero-order valence-corrected chi connectivity index (χ0v) is 8.34. The molecule has 0 N–H and O–H groups in total. The maximum atomic E-state index is 13.5. The number of pyridine rings is 1. The van der Waals surface area contributed by atoms with Crippen molar-refractivity contribution in [2.75, 3.05) is 0 Å². The van der Waals surface area contributed by atoms with Crippen molar-refractivity contribution in [1.29, 1.82) is 0 Å². The second-order valence-electron chi connectivity index (χ2n) is 3.52. The number of hydrogen-bond acceptors (Lipinski definition) is 1. The summed E-state index contributed by atoms with van der Waals surface area (Å²) in [6.45, 7) is 3.98. The number of benzene rings is 1. The second-order valence-corrected chi connectivity index (χ2v) is 3.52. The molecule has 0 unspecified atom stereocenters. The number of hydrogen-bond donors (Lipinski definition) is 0. The van der Waals surface area contributed by atoms with Gasteiger partial charge in [-0.1, -0.05) is 6.92 Å². The Labute approximate surface area is 82.6 Å². The van der Waals surface area contributed by atoms with Crippen molar-refractivity contribution in [3.63, 3.8) is 0 Å². The standard InChI is InChI=1S/C12H12FN/c1-3-9-5-10-4-8(2)7-14-12(10)11(13)6-9/h4-7H,3H2,1-2H3. The van der Waals surface area contributed by atoms with E-state index in [9.17, 15) is 4.39 Å². The number of halogens is 1. The van der Waals surface area contributed by atoms with Crippen molar-refractivity contribution in [3.05, 3.63) is 41.3 Å². The molecule has 0 amide bonds. The van der Waals surface area contributed by atoms with Crippen molar-refractivity contribution < 1.29 is 4.39 Å². The van der Waals surface area contributed by atoms with E-state index in [1.165, 1.54) is 0 Å². The molecule has 2 aromatic rings. The highest BCUT2D eigenvalue weighted by atomic mass is 19.1. The lowest BCUT2D eigenvalue weighted by molar-refractivity contribution is 0.635. The Morgan fingerprint density at radius 3 is 2.79 bits per heavy atom. The fourth-order valence-electron chi connectivity index (χ4n) is 1.58. The first-order valence-corrected chi connectivity index (χ1v) is 4.75. The number of rotatable bonds is 1. The maximum Gasteiger partial charge on any atom is 0.149 e. The average Bonchev–Trinajstić information content (AvgIpc) is 2.16. The maximum absolute atomic E-state index is 13.5. The van der Waals surface area contributed by atoms with E-state index in [-0.39, 0.29) is 5.82 Å². The average molecular weight is 189 g/mol. The Morgan fingerprint density at radius 2 is 2.07 bits per heavy atom. The minimum absolute atomic E-state index is 0.223. The summed E-state index contributed by atoms with van der Waals surface area (Å²) in [5, 5.41) is 0.891. The van der Waals surface area contributed by atoms with Crippen molar-refractivity contribution >= 4 is 10.9 Å². The molecule has 72 valence electrons. The Kier molecular flexibility index (Phi) is 2.20. The van der Waals surface area contributed by atoms with Crippen LogP contribution in [0.5, 0.6) is 0 Å². The van der Waals surface area contributed by atoms with Gasteiger partial charge in [-0.3, -0.25) is 4.98 Å². The SMILES string of the molecule is CCc1cc(F)c2ncc(C)cc2c1. The van der Waals surface area contributed by atoms with Crippen LogP contribution < -0.4 is 0 Å². The van der Waals surface area contributed by atoms with E-state index in [2.05, 4.69) is 4.98 Å². The molecule has 1 aromatic carbocycles. The van der Waals surface area contributed by atoms with Gasteiger partial charge in [-0.25, -0.2) is 4.39 Å². The minimum atomic E-state index is -0.223. The zero-order valence-electron chi connectivity index (χ0n) is 8.34. The Hall–Kier alpha value is -1.44. The van der Waals surface area contributed by atoms with Crippen LogP contribution in [0.3, 0.4) is 0 Å². The Bertz CT molecular complexity index is 477. The summed E-state index contributed by atoms with van der Waals surface area (Å²) in [6, 6.07) is 5.52. The first-order valence-electron chi connectivity index (χ1n) is 4.75. The van der Waals surface area contributed by atoms with E-state index in [0.717, 1.165) is 22.9 Å². The van der Waals surface area contributed by atoms with Crippen molar-refractivity contribution in [2.24, 2.45) is 0 Å². The highest BCUT2D eigenvalue weighted by Crippen LogP contribution is 2.19. The molecule has 0 atom stereocenters. The van der Waals surface area contributed by atoms with Crippen LogP contribution in [0.15, 0.2) is 24.4 Å². The molecule has 0 aliphatic heterocycles. The second kappa shape index (κ2) is 3.37. The van der Waals surface area contributed by atoms with E-state index in [4.69, 9.17) is 0 Å². The van der Waals surface area contributed by atoms with Crippen LogP contribution in [-0.4, -0.2) is 4.98 Å². The summed E-state index contributed by atoms with van der Waals surface area (Å²) >= 11 is 0. The summed E-state index contributed by atoms with van der Waals surface area (Å²) in [5.41, 5.74) is 2.54. The molecule has 0 bridgehead atoms. The molecule has 1 heterocycles. The highest BCUT2D eigenvalue weighted by molar-refractivity contribution is 5.80. The molecule has 0 spiro atoms. The first kappa shape index (κ1) is 9.13. The van der Waals surface area contributed by atoms with E-state index in [0.29, 0.717) is 5.52 Å². The Morgan fingerprint density at radius 1 is 1.29 bits per heavy atom. The van der Waals surface area contributed by atoms with Crippen molar-refractivity contribution in [1.82, 2.24) is 4.98 Å². The smallest absolute Gasteiger partial charge is 0.149 e. The third kappa shape index (κ3) is 1.48. The van der Waals surface area contributed by atoms with Gasteiger partial charge in [0.2, 0.25) is 0 Å². The van der Waals surface area contributed by atoms with Gasteiger partial charge in [-0.2, -0.15) is 0 Å². The molecule has 2 heteroatoms. The molecule has 0 saturated heterocycles. The summed E-state index contributed by atoms with van der Waals surface area (Å²) in [7, 11) is 0. The quantitative estimate of drug-likeness (QED) is 0.671. The van der Waals surface area contributed by atoms with Gasteiger partial charge >= 0.3 is 0 Å².